The molecular weight excluding hydrogens is 295 g/mol. The van der Waals surface area contributed by atoms with Crippen LogP contribution >= 0.6 is 0 Å². The zero-order chi connectivity index (χ0) is 16.3. The molecule has 0 saturated carbocycles. The fourth-order valence-electron chi connectivity index (χ4n) is 2.02. The van der Waals surface area contributed by atoms with Crippen LogP contribution in [0.15, 0.2) is 24.4 Å². The van der Waals surface area contributed by atoms with Crippen LogP contribution < -0.4 is 0 Å². The number of ether oxygens (including phenoxy) is 1. The first kappa shape index (κ1) is 15.4. The topological polar surface area (TPSA) is 102 Å². The van der Waals surface area contributed by atoms with E-state index in [-0.39, 0.29) is 29.0 Å². The van der Waals surface area contributed by atoms with Crippen molar-refractivity contribution < 1.29 is 23.6 Å². The second kappa shape index (κ2) is 6.17. The standard InChI is InChI=1S/C14H11FN2O5/c1-2-22-14(19)9-6-16-11(7-18)13(9)8-3-4-12(17(20)21)10(15)5-8/h3-7,16H,2H2,1H3. The number of esters is 1. The van der Waals surface area contributed by atoms with Gasteiger partial charge in [0.2, 0.25) is 5.82 Å². The third kappa shape index (κ3) is 2.71. The summed E-state index contributed by atoms with van der Waals surface area (Å²) in [6, 6.07) is 3.14. The third-order valence-corrected chi connectivity index (χ3v) is 2.96. The molecule has 1 aromatic carbocycles. The minimum Gasteiger partial charge on any atom is -0.462 e. The monoisotopic (exact) mass is 306 g/mol. The number of carbonyl (C=O) groups is 2. The summed E-state index contributed by atoms with van der Waals surface area (Å²) >= 11 is 0. The van der Waals surface area contributed by atoms with Crippen molar-refractivity contribution in [3.8, 4) is 11.1 Å². The quantitative estimate of drug-likeness (QED) is 0.396. The largest absolute Gasteiger partial charge is 0.462 e. The van der Waals surface area contributed by atoms with Crippen LogP contribution in [0.3, 0.4) is 0 Å². The predicted molar refractivity (Wildman–Crippen MR) is 74.2 cm³/mol. The van der Waals surface area contributed by atoms with Crippen molar-refractivity contribution in [2.24, 2.45) is 0 Å². The number of nitro groups is 1. The van der Waals surface area contributed by atoms with E-state index in [2.05, 4.69) is 4.98 Å². The maximum atomic E-state index is 13.8. The van der Waals surface area contributed by atoms with Gasteiger partial charge in [-0.25, -0.2) is 4.79 Å². The predicted octanol–water partition coefficient (Wildman–Crippen LogP) is 2.72. The van der Waals surface area contributed by atoms with Gasteiger partial charge in [0.05, 0.1) is 22.8 Å². The Kier molecular flexibility index (Phi) is 4.31. The normalized spacial score (nSPS) is 10.3. The first-order valence-corrected chi connectivity index (χ1v) is 6.27. The fraction of sp³-hybridized carbons (Fsp3) is 0.143. The molecule has 1 N–H and O–H groups in total. The van der Waals surface area contributed by atoms with Gasteiger partial charge < -0.3 is 9.72 Å². The molecule has 0 unspecified atom stereocenters. The molecule has 0 aliphatic carbocycles. The van der Waals surface area contributed by atoms with Gasteiger partial charge in [0.1, 0.15) is 0 Å². The first-order chi connectivity index (χ1) is 10.5. The van der Waals surface area contributed by atoms with Gasteiger partial charge in [0.25, 0.3) is 0 Å². The Balaban J connectivity index is 2.58. The number of H-pyrrole nitrogens is 1. The molecule has 0 fully saturated rings. The molecule has 1 aromatic heterocycles. The van der Waals surface area contributed by atoms with Crippen LogP contribution in [-0.4, -0.2) is 28.8 Å². The van der Waals surface area contributed by atoms with Crippen LogP contribution in [0.1, 0.15) is 27.8 Å². The SMILES string of the molecule is CCOC(=O)c1c[nH]c(C=O)c1-c1ccc([N+](=O)[O-])c(F)c1. The Labute approximate surface area is 123 Å². The Hall–Kier alpha value is -3.03. The molecule has 0 radical (unpaired) electrons. The zero-order valence-electron chi connectivity index (χ0n) is 11.5. The van der Waals surface area contributed by atoms with Crippen molar-refractivity contribution in [3.05, 3.63) is 51.6 Å². The van der Waals surface area contributed by atoms with Gasteiger partial charge >= 0.3 is 11.7 Å². The Morgan fingerprint density at radius 1 is 1.50 bits per heavy atom. The number of aromatic amines is 1. The molecule has 1 heterocycles. The maximum Gasteiger partial charge on any atom is 0.340 e. The molecule has 0 aliphatic heterocycles. The number of hydrogen-bond donors (Lipinski definition) is 1. The molecule has 8 heteroatoms. The van der Waals surface area contributed by atoms with E-state index < -0.39 is 22.4 Å². The lowest BCUT2D eigenvalue weighted by Crippen LogP contribution is -2.05. The summed E-state index contributed by atoms with van der Waals surface area (Å²) in [4.78, 5) is 35.3. The minimum absolute atomic E-state index is 0.0521. The van der Waals surface area contributed by atoms with Gasteiger partial charge in [0, 0.05) is 17.8 Å². The summed E-state index contributed by atoms with van der Waals surface area (Å²) in [5, 5.41) is 10.6. The number of benzene rings is 1. The van der Waals surface area contributed by atoms with E-state index in [1.807, 2.05) is 0 Å². The van der Waals surface area contributed by atoms with Crippen molar-refractivity contribution in [1.82, 2.24) is 4.98 Å². The Morgan fingerprint density at radius 2 is 2.23 bits per heavy atom. The van der Waals surface area contributed by atoms with E-state index in [1.165, 1.54) is 12.3 Å². The zero-order valence-corrected chi connectivity index (χ0v) is 11.5. The summed E-state index contributed by atoms with van der Waals surface area (Å²) < 4.78 is 18.6. The molecule has 22 heavy (non-hydrogen) atoms. The van der Waals surface area contributed by atoms with Crippen LogP contribution in [0.4, 0.5) is 10.1 Å². The lowest BCUT2D eigenvalue weighted by atomic mass is 10.0. The van der Waals surface area contributed by atoms with Gasteiger partial charge in [-0.3, -0.25) is 14.9 Å². The Bertz CT molecular complexity index is 754. The molecule has 0 amide bonds. The van der Waals surface area contributed by atoms with E-state index >= 15 is 0 Å². The van der Waals surface area contributed by atoms with Crippen molar-refractivity contribution in [3.63, 3.8) is 0 Å². The van der Waals surface area contributed by atoms with Gasteiger partial charge in [-0.15, -0.1) is 0 Å². The number of rotatable bonds is 5. The highest BCUT2D eigenvalue weighted by Crippen LogP contribution is 2.30. The molecule has 0 spiro atoms. The maximum absolute atomic E-state index is 13.8. The molecule has 0 atom stereocenters. The highest BCUT2D eigenvalue weighted by Gasteiger charge is 2.22. The summed E-state index contributed by atoms with van der Waals surface area (Å²) in [5.74, 6) is -1.74. The van der Waals surface area contributed by atoms with Crippen molar-refractivity contribution in [1.29, 1.82) is 0 Å². The third-order valence-electron chi connectivity index (χ3n) is 2.96. The molecule has 114 valence electrons. The number of hydrogen-bond acceptors (Lipinski definition) is 5. The molecule has 0 saturated heterocycles. The van der Waals surface area contributed by atoms with Gasteiger partial charge in [0.15, 0.2) is 6.29 Å². The molecule has 2 rings (SSSR count). The van der Waals surface area contributed by atoms with Gasteiger partial charge in [-0.1, -0.05) is 0 Å². The highest BCUT2D eigenvalue weighted by atomic mass is 19.1. The van der Waals surface area contributed by atoms with Crippen molar-refractivity contribution in [2.75, 3.05) is 6.61 Å². The van der Waals surface area contributed by atoms with E-state index in [1.54, 1.807) is 6.92 Å². The number of carbonyl (C=O) groups excluding carboxylic acids is 2. The van der Waals surface area contributed by atoms with Crippen LogP contribution in [0.5, 0.6) is 0 Å². The number of aldehydes is 1. The highest BCUT2D eigenvalue weighted by molar-refractivity contribution is 6.02. The van der Waals surface area contributed by atoms with Gasteiger partial charge in [-0.2, -0.15) is 4.39 Å². The minimum atomic E-state index is -1.06. The molecular formula is C14H11FN2O5. The number of halogens is 1. The lowest BCUT2D eigenvalue weighted by Gasteiger charge is -2.05. The summed E-state index contributed by atoms with van der Waals surface area (Å²) in [6.45, 7) is 1.75. The van der Waals surface area contributed by atoms with Crippen LogP contribution in [0.25, 0.3) is 11.1 Å². The molecule has 7 nitrogen and oxygen atoms in total. The Morgan fingerprint density at radius 3 is 2.77 bits per heavy atom. The van der Waals surface area contributed by atoms with Crippen LogP contribution in [0.2, 0.25) is 0 Å². The number of nitrogens with zero attached hydrogens (tertiary/aromatic N) is 1. The fourth-order valence-corrected chi connectivity index (χ4v) is 2.02. The lowest BCUT2D eigenvalue weighted by molar-refractivity contribution is -0.387. The van der Waals surface area contributed by atoms with Crippen molar-refractivity contribution >= 4 is 17.9 Å². The first-order valence-electron chi connectivity index (χ1n) is 6.27. The molecule has 0 aliphatic rings. The van der Waals surface area contributed by atoms with E-state index in [0.717, 1.165) is 12.1 Å². The number of nitrogens with one attached hydrogen (secondary N) is 1. The van der Waals surface area contributed by atoms with E-state index in [0.29, 0.717) is 6.29 Å². The number of nitro benzene ring substituents is 1. The average Bonchev–Trinajstić information content (AvgIpc) is 2.90. The van der Waals surface area contributed by atoms with E-state index in [4.69, 9.17) is 4.74 Å². The average molecular weight is 306 g/mol. The molecule has 2 aromatic rings. The van der Waals surface area contributed by atoms with Crippen LogP contribution in [-0.2, 0) is 4.74 Å². The smallest absolute Gasteiger partial charge is 0.340 e. The van der Waals surface area contributed by atoms with Crippen LogP contribution in [0, 0.1) is 15.9 Å². The summed E-state index contributed by atoms with van der Waals surface area (Å²) in [6.07, 6.45) is 1.74. The summed E-state index contributed by atoms with van der Waals surface area (Å²) in [7, 11) is 0. The second-order valence-corrected chi connectivity index (χ2v) is 4.25. The van der Waals surface area contributed by atoms with E-state index in [9.17, 15) is 24.1 Å². The number of aromatic nitrogens is 1. The second-order valence-electron chi connectivity index (χ2n) is 4.25. The molecule has 0 bridgehead atoms. The summed E-state index contributed by atoms with van der Waals surface area (Å²) in [5.41, 5.74) is -0.283. The van der Waals surface area contributed by atoms with Crippen molar-refractivity contribution in [2.45, 2.75) is 6.92 Å². The van der Waals surface area contributed by atoms with Gasteiger partial charge in [-0.05, 0) is 24.6 Å².